The second kappa shape index (κ2) is 6.59. The Hall–Kier alpha value is -1.07. The number of thiophene rings is 1. The van der Waals surface area contributed by atoms with Crippen LogP contribution in [-0.2, 0) is 6.42 Å². The molecule has 2 heterocycles. The lowest BCUT2D eigenvalue weighted by Crippen LogP contribution is -2.48. The Labute approximate surface area is 125 Å². The number of hydrogen-bond donors (Lipinski definition) is 1. The summed E-state index contributed by atoms with van der Waals surface area (Å²) >= 11 is 1.82. The third-order valence-electron chi connectivity index (χ3n) is 4.17. The number of rotatable bonds is 4. The van der Waals surface area contributed by atoms with Gasteiger partial charge in [0, 0.05) is 24.0 Å². The Morgan fingerprint density at radius 3 is 3.00 bits per heavy atom. The van der Waals surface area contributed by atoms with Crippen LogP contribution in [0.15, 0.2) is 11.4 Å². The van der Waals surface area contributed by atoms with Crippen LogP contribution in [0.5, 0.6) is 0 Å². The molecule has 112 valence electrons. The second-order valence-corrected chi connectivity index (χ2v) is 6.67. The zero-order valence-corrected chi connectivity index (χ0v) is 13.7. The van der Waals surface area contributed by atoms with Gasteiger partial charge >= 0.3 is 6.03 Å². The number of urea groups is 1. The summed E-state index contributed by atoms with van der Waals surface area (Å²) < 4.78 is 0. The molecule has 5 heteroatoms. The average molecular weight is 295 g/mol. The van der Waals surface area contributed by atoms with E-state index in [2.05, 4.69) is 35.5 Å². The first-order valence-electron chi connectivity index (χ1n) is 7.31. The smallest absolute Gasteiger partial charge is 0.317 e. The van der Waals surface area contributed by atoms with Gasteiger partial charge in [-0.2, -0.15) is 0 Å². The van der Waals surface area contributed by atoms with Gasteiger partial charge in [0.15, 0.2) is 0 Å². The Kier molecular flexibility index (Phi) is 5.05. The monoisotopic (exact) mass is 295 g/mol. The molecule has 4 nitrogen and oxygen atoms in total. The van der Waals surface area contributed by atoms with E-state index in [-0.39, 0.29) is 12.1 Å². The average Bonchev–Trinajstić information content (AvgIpc) is 2.91. The molecule has 2 amide bonds. The van der Waals surface area contributed by atoms with Crippen molar-refractivity contribution in [2.75, 3.05) is 27.2 Å². The maximum absolute atomic E-state index is 12.4. The molecule has 1 aromatic rings. The molecule has 0 saturated heterocycles. The van der Waals surface area contributed by atoms with Crippen molar-refractivity contribution >= 4 is 17.4 Å². The standard InChI is InChI=1S/C15H25N3OS/c1-5-13-12-7-9-20-14(12)6-8-18(13)15(19)16-10-11(2)17(3)4/h7,9,11,13H,5-6,8,10H2,1-4H3,(H,16,19). The minimum absolute atomic E-state index is 0.0717. The lowest BCUT2D eigenvalue weighted by Gasteiger charge is -2.36. The van der Waals surface area contributed by atoms with Gasteiger partial charge in [-0.25, -0.2) is 4.79 Å². The van der Waals surface area contributed by atoms with E-state index in [1.54, 1.807) is 0 Å². The molecule has 1 N–H and O–H groups in total. The Morgan fingerprint density at radius 1 is 1.60 bits per heavy atom. The first-order chi connectivity index (χ1) is 9.54. The van der Waals surface area contributed by atoms with E-state index >= 15 is 0 Å². The topological polar surface area (TPSA) is 35.6 Å². The highest BCUT2D eigenvalue weighted by Gasteiger charge is 2.30. The Balaban J connectivity index is 2.00. The van der Waals surface area contributed by atoms with Gasteiger partial charge in [-0.05, 0) is 50.9 Å². The maximum atomic E-state index is 12.4. The molecule has 2 rings (SSSR count). The van der Waals surface area contributed by atoms with E-state index in [0.717, 1.165) is 19.4 Å². The predicted molar refractivity (Wildman–Crippen MR) is 84.3 cm³/mol. The summed E-state index contributed by atoms with van der Waals surface area (Å²) in [6.45, 7) is 5.79. The quantitative estimate of drug-likeness (QED) is 0.927. The molecule has 2 atom stereocenters. The van der Waals surface area contributed by atoms with Crippen LogP contribution in [0.2, 0.25) is 0 Å². The zero-order valence-electron chi connectivity index (χ0n) is 12.8. The highest BCUT2D eigenvalue weighted by Crippen LogP contribution is 2.35. The van der Waals surface area contributed by atoms with E-state index in [1.165, 1.54) is 10.4 Å². The Bertz CT molecular complexity index is 458. The summed E-state index contributed by atoms with van der Waals surface area (Å²) in [5.41, 5.74) is 1.35. The summed E-state index contributed by atoms with van der Waals surface area (Å²) in [4.78, 5) is 18.0. The van der Waals surface area contributed by atoms with Crippen molar-refractivity contribution in [3.63, 3.8) is 0 Å². The van der Waals surface area contributed by atoms with Crippen molar-refractivity contribution in [1.82, 2.24) is 15.1 Å². The summed E-state index contributed by atoms with van der Waals surface area (Å²) in [6.07, 6.45) is 1.96. The summed E-state index contributed by atoms with van der Waals surface area (Å²) in [6, 6.07) is 2.83. The van der Waals surface area contributed by atoms with Crippen molar-refractivity contribution in [2.45, 2.75) is 38.8 Å². The van der Waals surface area contributed by atoms with Crippen molar-refractivity contribution in [3.8, 4) is 0 Å². The fourth-order valence-corrected chi connectivity index (χ4v) is 3.53. The Morgan fingerprint density at radius 2 is 2.35 bits per heavy atom. The van der Waals surface area contributed by atoms with Crippen LogP contribution in [0, 0.1) is 0 Å². The van der Waals surface area contributed by atoms with Crippen LogP contribution in [-0.4, -0.2) is 49.1 Å². The van der Waals surface area contributed by atoms with Gasteiger partial charge in [0.2, 0.25) is 0 Å². The normalized spacial score (nSPS) is 19.9. The van der Waals surface area contributed by atoms with E-state index < -0.39 is 0 Å². The SMILES string of the molecule is CCC1c2ccsc2CCN1C(=O)NCC(C)N(C)C. The van der Waals surface area contributed by atoms with Crippen LogP contribution in [0.25, 0.3) is 0 Å². The largest absolute Gasteiger partial charge is 0.336 e. The number of carbonyl (C=O) groups excluding carboxylic acids is 1. The molecule has 0 aliphatic carbocycles. The van der Waals surface area contributed by atoms with Crippen molar-refractivity contribution in [3.05, 3.63) is 21.9 Å². The molecule has 20 heavy (non-hydrogen) atoms. The van der Waals surface area contributed by atoms with Crippen LogP contribution < -0.4 is 5.32 Å². The highest BCUT2D eigenvalue weighted by molar-refractivity contribution is 7.10. The number of carbonyl (C=O) groups is 1. The lowest BCUT2D eigenvalue weighted by molar-refractivity contribution is 0.164. The molecule has 1 aromatic heterocycles. The predicted octanol–water partition coefficient (Wildman–Crippen LogP) is 2.72. The van der Waals surface area contributed by atoms with Crippen LogP contribution in [0.3, 0.4) is 0 Å². The molecule has 1 aliphatic rings. The number of fused-ring (bicyclic) bond motifs is 1. The molecular weight excluding hydrogens is 270 g/mol. The highest BCUT2D eigenvalue weighted by atomic mass is 32.1. The fourth-order valence-electron chi connectivity index (χ4n) is 2.60. The fraction of sp³-hybridized carbons (Fsp3) is 0.667. The molecular formula is C15H25N3OS. The zero-order chi connectivity index (χ0) is 14.7. The van der Waals surface area contributed by atoms with Crippen LogP contribution in [0.4, 0.5) is 4.79 Å². The van der Waals surface area contributed by atoms with Gasteiger partial charge in [0.1, 0.15) is 0 Å². The molecule has 0 fully saturated rings. The number of likely N-dealkylation sites (N-methyl/N-ethyl adjacent to an activating group) is 1. The number of nitrogens with one attached hydrogen (secondary N) is 1. The van der Waals surface area contributed by atoms with Gasteiger partial charge in [0.25, 0.3) is 0 Å². The number of nitrogens with zero attached hydrogens (tertiary/aromatic N) is 2. The van der Waals surface area contributed by atoms with Gasteiger partial charge in [-0.1, -0.05) is 6.92 Å². The minimum atomic E-state index is 0.0717. The molecule has 0 bridgehead atoms. The van der Waals surface area contributed by atoms with E-state index in [0.29, 0.717) is 12.6 Å². The van der Waals surface area contributed by atoms with Gasteiger partial charge in [-0.15, -0.1) is 11.3 Å². The van der Waals surface area contributed by atoms with E-state index in [9.17, 15) is 4.79 Å². The van der Waals surface area contributed by atoms with E-state index in [4.69, 9.17) is 0 Å². The number of amides is 2. The molecule has 0 spiro atoms. The maximum Gasteiger partial charge on any atom is 0.317 e. The lowest BCUT2D eigenvalue weighted by atomic mass is 9.98. The molecule has 2 unspecified atom stereocenters. The third kappa shape index (κ3) is 3.15. The molecule has 0 radical (unpaired) electrons. The van der Waals surface area contributed by atoms with Crippen molar-refractivity contribution in [1.29, 1.82) is 0 Å². The van der Waals surface area contributed by atoms with Crippen LogP contribution in [0.1, 0.15) is 36.8 Å². The minimum Gasteiger partial charge on any atom is -0.336 e. The molecule has 0 aromatic carbocycles. The van der Waals surface area contributed by atoms with Gasteiger partial charge in [0.05, 0.1) is 6.04 Å². The second-order valence-electron chi connectivity index (χ2n) is 5.67. The first kappa shape index (κ1) is 15.3. The third-order valence-corrected chi connectivity index (χ3v) is 5.17. The first-order valence-corrected chi connectivity index (χ1v) is 8.19. The van der Waals surface area contributed by atoms with Crippen LogP contribution >= 0.6 is 11.3 Å². The van der Waals surface area contributed by atoms with Gasteiger partial charge < -0.3 is 15.1 Å². The summed E-state index contributed by atoms with van der Waals surface area (Å²) in [5, 5.41) is 5.21. The summed E-state index contributed by atoms with van der Waals surface area (Å²) in [7, 11) is 4.06. The molecule has 1 aliphatic heterocycles. The molecule has 0 saturated carbocycles. The van der Waals surface area contributed by atoms with Gasteiger partial charge in [-0.3, -0.25) is 0 Å². The van der Waals surface area contributed by atoms with E-state index in [1.807, 2.05) is 30.3 Å². The van der Waals surface area contributed by atoms with Crippen molar-refractivity contribution < 1.29 is 4.79 Å². The van der Waals surface area contributed by atoms with Crippen molar-refractivity contribution in [2.24, 2.45) is 0 Å². The number of hydrogen-bond acceptors (Lipinski definition) is 3. The summed E-state index contributed by atoms with van der Waals surface area (Å²) in [5.74, 6) is 0.